The van der Waals surface area contributed by atoms with E-state index >= 15 is 0 Å². The van der Waals surface area contributed by atoms with Crippen LogP contribution in [0.3, 0.4) is 0 Å². The van der Waals surface area contributed by atoms with Gasteiger partial charge in [-0.05, 0) is 72.9 Å². The molecule has 0 aromatic heterocycles. The molecule has 0 heterocycles. The molecule has 0 aliphatic heterocycles. The first-order valence-corrected chi connectivity index (χ1v) is 17.3. The monoisotopic (exact) mass is 659 g/mol. The van der Waals surface area contributed by atoms with Crippen LogP contribution < -0.4 is 24.4 Å². The molecule has 0 saturated carbocycles. The molecule has 47 heavy (non-hydrogen) atoms. The van der Waals surface area contributed by atoms with E-state index in [1.807, 2.05) is 85.8 Å². The van der Waals surface area contributed by atoms with Gasteiger partial charge in [0, 0.05) is 37.8 Å². The van der Waals surface area contributed by atoms with E-state index in [0.717, 1.165) is 28.6 Å². The van der Waals surface area contributed by atoms with Crippen molar-refractivity contribution in [3.05, 3.63) is 114 Å². The minimum Gasteiger partial charge on any atom is -0.493 e. The topological polar surface area (TPSA) is 134 Å². The molecule has 0 saturated heterocycles. The number of unbranched alkanes of at least 4 members (excludes halogenated alkanes) is 1. The van der Waals surface area contributed by atoms with Crippen LogP contribution in [0.2, 0.25) is 0 Å². The molecule has 0 spiro atoms. The molecule has 0 bridgehead atoms. The highest BCUT2D eigenvalue weighted by atomic mass is 32.2. The van der Waals surface area contributed by atoms with Gasteiger partial charge >= 0.3 is 5.97 Å². The molecule has 4 aromatic carbocycles. The zero-order valence-corrected chi connectivity index (χ0v) is 27.5. The summed E-state index contributed by atoms with van der Waals surface area (Å²) in [5, 5.41) is 11.2. The molecular formula is C36H41N3O7S. The van der Waals surface area contributed by atoms with Crippen LogP contribution in [0.4, 0.5) is 11.4 Å². The van der Waals surface area contributed by atoms with E-state index in [1.54, 1.807) is 6.07 Å². The number of nitrogens with zero attached hydrogens (tertiary/aromatic N) is 1. The maximum atomic E-state index is 12.0. The average Bonchev–Trinajstić information content (AvgIpc) is 3.02. The molecule has 0 aliphatic carbocycles. The zero-order valence-electron chi connectivity index (χ0n) is 26.6. The molecule has 4 aromatic rings. The van der Waals surface area contributed by atoms with Crippen molar-refractivity contribution in [1.82, 2.24) is 5.32 Å². The Morgan fingerprint density at radius 1 is 0.787 bits per heavy atom. The number of anilines is 2. The van der Waals surface area contributed by atoms with Crippen molar-refractivity contribution in [2.45, 2.75) is 45.7 Å². The van der Waals surface area contributed by atoms with Crippen molar-refractivity contribution in [2.24, 2.45) is 0 Å². The summed E-state index contributed by atoms with van der Waals surface area (Å²) in [6.45, 7) is 3.71. The number of rotatable bonds is 18. The van der Waals surface area contributed by atoms with E-state index in [1.165, 1.54) is 0 Å². The van der Waals surface area contributed by atoms with Crippen molar-refractivity contribution in [1.29, 1.82) is 0 Å². The minimum atomic E-state index is -3.43. The normalized spacial score (nSPS) is 11.0. The second-order valence-corrected chi connectivity index (χ2v) is 12.9. The van der Waals surface area contributed by atoms with Gasteiger partial charge < -0.3 is 24.8 Å². The molecule has 0 atom stereocenters. The first-order chi connectivity index (χ1) is 22.6. The van der Waals surface area contributed by atoms with E-state index in [-0.39, 0.29) is 18.9 Å². The standard InChI is InChI=1S/C36H41N3O7S/c1-27-33(38-47(2,43)44)14-9-15-34(27)39(25-28-10-4-3-5-11-28)26-29-17-19-30(20-18-29)46-32-13-8-12-31(24-32)45-23-7-6-16-35(40)37-22-21-36(41)42/h3-5,8-15,17-20,24,38H,6-7,16,21-23,25-26H2,1-2H3,(H,37,40)(H,41,42). The summed E-state index contributed by atoms with van der Waals surface area (Å²) in [5.41, 5.74) is 4.51. The molecule has 0 aliphatic rings. The van der Waals surface area contributed by atoms with E-state index in [4.69, 9.17) is 14.6 Å². The Labute approximate surface area is 276 Å². The number of carbonyl (C=O) groups is 2. The molecule has 3 N–H and O–H groups in total. The summed E-state index contributed by atoms with van der Waals surface area (Å²) in [5.74, 6) is 0.853. The van der Waals surface area contributed by atoms with Gasteiger partial charge in [-0.1, -0.05) is 54.6 Å². The number of carboxylic acid groups (broad SMARTS) is 1. The number of amides is 1. The first-order valence-electron chi connectivity index (χ1n) is 15.4. The van der Waals surface area contributed by atoms with Crippen molar-refractivity contribution >= 4 is 33.3 Å². The lowest BCUT2D eigenvalue weighted by Crippen LogP contribution is -2.25. The van der Waals surface area contributed by atoms with E-state index in [2.05, 4.69) is 27.1 Å². The molecule has 10 nitrogen and oxygen atoms in total. The van der Waals surface area contributed by atoms with Gasteiger partial charge in [-0.15, -0.1) is 0 Å². The SMILES string of the molecule is Cc1c(NS(C)(=O)=O)cccc1N(Cc1ccccc1)Cc1ccc(Oc2cccc(OCCCCC(=O)NCCC(=O)O)c2)cc1. The molecule has 0 fully saturated rings. The fourth-order valence-electron chi connectivity index (χ4n) is 4.93. The Bertz CT molecular complexity index is 1730. The predicted octanol–water partition coefficient (Wildman–Crippen LogP) is 6.51. The highest BCUT2D eigenvalue weighted by molar-refractivity contribution is 7.92. The summed E-state index contributed by atoms with van der Waals surface area (Å²) in [6.07, 6.45) is 2.69. The van der Waals surface area contributed by atoms with Crippen LogP contribution in [0.25, 0.3) is 0 Å². The lowest BCUT2D eigenvalue weighted by atomic mass is 10.1. The second kappa shape index (κ2) is 17.0. The Hall–Kier alpha value is -5.03. The van der Waals surface area contributed by atoms with Crippen LogP contribution in [0, 0.1) is 6.92 Å². The van der Waals surface area contributed by atoms with E-state index in [9.17, 15) is 18.0 Å². The maximum Gasteiger partial charge on any atom is 0.305 e. The van der Waals surface area contributed by atoms with Crippen molar-refractivity contribution < 1.29 is 32.6 Å². The van der Waals surface area contributed by atoms with Gasteiger partial charge in [0.05, 0.1) is 25.0 Å². The van der Waals surface area contributed by atoms with Gasteiger partial charge in [-0.25, -0.2) is 8.42 Å². The fraction of sp³-hybridized carbons (Fsp3) is 0.278. The van der Waals surface area contributed by atoms with Gasteiger partial charge in [0.25, 0.3) is 0 Å². The van der Waals surface area contributed by atoms with Gasteiger partial charge in [0.2, 0.25) is 15.9 Å². The van der Waals surface area contributed by atoms with Crippen LogP contribution in [0.5, 0.6) is 17.2 Å². The molecular weight excluding hydrogens is 618 g/mol. The highest BCUT2D eigenvalue weighted by Gasteiger charge is 2.15. The number of carboxylic acids is 1. The smallest absolute Gasteiger partial charge is 0.305 e. The number of sulfonamides is 1. The van der Waals surface area contributed by atoms with E-state index in [0.29, 0.717) is 61.9 Å². The number of hydrogen-bond acceptors (Lipinski definition) is 7. The van der Waals surface area contributed by atoms with Gasteiger partial charge in [0.15, 0.2) is 0 Å². The number of benzene rings is 4. The second-order valence-electron chi connectivity index (χ2n) is 11.2. The van der Waals surface area contributed by atoms with Crippen LogP contribution in [0.15, 0.2) is 97.1 Å². The van der Waals surface area contributed by atoms with E-state index < -0.39 is 16.0 Å². The summed E-state index contributed by atoms with van der Waals surface area (Å²) in [6, 6.07) is 31.0. The summed E-state index contributed by atoms with van der Waals surface area (Å²) in [4.78, 5) is 24.5. The first kappa shape index (κ1) is 34.8. The number of hydrogen-bond donors (Lipinski definition) is 3. The third-order valence-electron chi connectivity index (χ3n) is 7.22. The largest absolute Gasteiger partial charge is 0.493 e. The molecule has 11 heteroatoms. The van der Waals surface area contributed by atoms with Crippen molar-refractivity contribution in [3.63, 3.8) is 0 Å². The van der Waals surface area contributed by atoms with Gasteiger partial charge in [0.1, 0.15) is 17.2 Å². The molecule has 1 amide bonds. The number of carbonyl (C=O) groups excluding carboxylic acids is 1. The summed E-state index contributed by atoms with van der Waals surface area (Å²) >= 11 is 0. The number of nitrogens with one attached hydrogen (secondary N) is 2. The lowest BCUT2D eigenvalue weighted by molar-refractivity contribution is -0.136. The fourth-order valence-corrected chi connectivity index (χ4v) is 5.55. The molecule has 0 unspecified atom stereocenters. The van der Waals surface area contributed by atoms with Gasteiger partial charge in [-0.3, -0.25) is 14.3 Å². The molecule has 248 valence electrons. The zero-order chi connectivity index (χ0) is 33.6. The minimum absolute atomic E-state index is 0.0893. The Balaban J connectivity index is 1.35. The third-order valence-corrected chi connectivity index (χ3v) is 7.81. The average molecular weight is 660 g/mol. The lowest BCUT2D eigenvalue weighted by Gasteiger charge is -2.28. The quantitative estimate of drug-likeness (QED) is 0.103. The van der Waals surface area contributed by atoms with Crippen LogP contribution >= 0.6 is 0 Å². The third kappa shape index (κ3) is 12.0. The molecule has 4 rings (SSSR count). The summed E-state index contributed by atoms with van der Waals surface area (Å²) in [7, 11) is -3.43. The maximum absolute atomic E-state index is 12.0. The Morgan fingerprint density at radius 3 is 2.17 bits per heavy atom. The van der Waals surface area contributed by atoms with Crippen LogP contribution in [0.1, 0.15) is 42.4 Å². The van der Waals surface area contributed by atoms with Crippen molar-refractivity contribution in [2.75, 3.05) is 29.0 Å². The van der Waals surface area contributed by atoms with Crippen LogP contribution in [-0.4, -0.2) is 44.8 Å². The Morgan fingerprint density at radius 2 is 1.47 bits per heavy atom. The highest BCUT2D eigenvalue weighted by Crippen LogP contribution is 2.31. The number of ether oxygens (including phenoxy) is 2. The number of aliphatic carboxylic acids is 1. The van der Waals surface area contributed by atoms with Gasteiger partial charge in [-0.2, -0.15) is 0 Å². The van der Waals surface area contributed by atoms with Crippen molar-refractivity contribution in [3.8, 4) is 17.2 Å². The predicted molar refractivity (Wildman–Crippen MR) is 184 cm³/mol. The molecule has 0 radical (unpaired) electrons. The Kier molecular flexibility index (Phi) is 12.6. The summed E-state index contributed by atoms with van der Waals surface area (Å²) < 4.78 is 38.5. The van der Waals surface area contributed by atoms with Crippen LogP contribution in [-0.2, 0) is 32.7 Å².